The fraction of sp³-hybridized carbons (Fsp3) is 0.222. The van der Waals surface area contributed by atoms with Crippen molar-refractivity contribution >= 4 is 91.2 Å². The van der Waals surface area contributed by atoms with Gasteiger partial charge in [0, 0.05) is 74.3 Å². The Morgan fingerprint density at radius 2 is 0.674 bits per heavy atom. The topological polar surface area (TPSA) is 337 Å². The van der Waals surface area contributed by atoms with Crippen molar-refractivity contribution in [2.24, 2.45) is 17.2 Å². The van der Waals surface area contributed by atoms with Crippen LogP contribution in [-0.4, -0.2) is 105 Å². The summed E-state index contributed by atoms with van der Waals surface area (Å²) in [7, 11) is 0. The van der Waals surface area contributed by atoms with Crippen LogP contribution in [0.15, 0.2) is 164 Å². The van der Waals surface area contributed by atoms with Crippen molar-refractivity contribution in [2.75, 3.05) is 35.6 Å². The van der Waals surface area contributed by atoms with Crippen molar-refractivity contribution in [3.8, 4) is 0 Å². The summed E-state index contributed by atoms with van der Waals surface area (Å²) < 4.78 is 31.7. The molecule has 3 heterocycles. The number of amides is 6. The van der Waals surface area contributed by atoms with Gasteiger partial charge in [-0.2, -0.15) is 13.2 Å². The maximum absolute atomic E-state index is 13.7. The number of nitrogens with one attached hydrogen (secondary N) is 9. The Labute approximate surface area is 491 Å². The highest BCUT2D eigenvalue weighted by Crippen LogP contribution is 2.34. The van der Waals surface area contributed by atoms with Gasteiger partial charge in [0.05, 0.1) is 19.3 Å². The molecule has 86 heavy (non-hydrogen) atoms. The molecule has 0 bridgehead atoms. The summed E-state index contributed by atoms with van der Waals surface area (Å²) in [5.74, 6) is -5.33. The molecule has 6 amide bonds. The number of carboxylic acids is 1. The molecule has 0 fully saturated rings. The van der Waals surface area contributed by atoms with Crippen molar-refractivity contribution in [1.29, 1.82) is 0 Å². The lowest BCUT2D eigenvalue weighted by Gasteiger charge is -2.22. The number of halogens is 3. The van der Waals surface area contributed by atoms with Gasteiger partial charge in [-0.3, -0.25) is 28.8 Å². The number of aliphatic carboxylic acids is 1. The fourth-order valence-electron chi connectivity index (χ4n) is 9.94. The van der Waals surface area contributed by atoms with Crippen LogP contribution >= 0.6 is 0 Å². The van der Waals surface area contributed by atoms with E-state index in [4.69, 9.17) is 27.1 Å². The number of nitrogens with two attached hydrogens (primary N) is 3. The molecule has 6 aromatic carbocycles. The summed E-state index contributed by atoms with van der Waals surface area (Å²) >= 11 is 0. The Hall–Kier alpha value is -10.1. The number of aromatic nitrogens is 3. The van der Waals surface area contributed by atoms with Gasteiger partial charge in [-0.15, -0.1) is 0 Å². The molecule has 9 aromatic rings. The molecule has 16 N–H and O–H groups in total. The van der Waals surface area contributed by atoms with E-state index in [9.17, 15) is 41.9 Å². The molecule has 0 unspecified atom stereocenters. The summed E-state index contributed by atoms with van der Waals surface area (Å²) in [5, 5.41) is 27.4. The number of fused-ring (bicyclic) bond motifs is 3. The third-order valence-electron chi connectivity index (χ3n) is 14.2. The van der Waals surface area contributed by atoms with E-state index in [1.54, 1.807) is 55.0 Å². The van der Waals surface area contributed by atoms with Crippen LogP contribution in [0.3, 0.4) is 0 Å². The number of benzene rings is 6. The molecule has 0 radical (unpaired) electrons. The number of hydrogen-bond donors (Lipinski definition) is 13. The van der Waals surface area contributed by atoms with E-state index in [1.165, 1.54) is 0 Å². The maximum Gasteiger partial charge on any atom is 0.490 e. The largest absolute Gasteiger partial charge is 0.490 e. The molecular formula is C63H65F3N12O8. The minimum atomic E-state index is -5.08. The number of para-hydroxylation sites is 3. The molecule has 3 aromatic heterocycles. The van der Waals surface area contributed by atoms with Crippen LogP contribution in [0, 0.1) is 0 Å². The Morgan fingerprint density at radius 1 is 0.419 bits per heavy atom. The molecule has 446 valence electrons. The molecule has 0 aliphatic carbocycles. The van der Waals surface area contributed by atoms with Crippen LogP contribution < -0.4 is 49.1 Å². The molecular weight excluding hydrogens is 1110 g/mol. The first-order valence-corrected chi connectivity index (χ1v) is 27.6. The zero-order valence-electron chi connectivity index (χ0n) is 46.4. The van der Waals surface area contributed by atoms with Crippen molar-refractivity contribution < 1.29 is 51.8 Å². The van der Waals surface area contributed by atoms with E-state index < -0.39 is 53.9 Å². The predicted octanol–water partition coefficient (Wildman–Crippen LogP) is 6.99. The molecule has 23 heteroatoms. The second-order valence-corrected chi connectivity index (χ2v) is 20.3. The average Bonchev–Trinajstić information content (AvgIpc) is 2.71. The summed E-state index contributed by atoms with van der Waals surface area (Å²) in [5.41, 5.74) is 27.0. The molecule has 0 aliphatic rings. The first kappa shape index (κ1) is 62.0. The van der Waals surface area contributed by atoms with Gasteiger partial charge in [-0.05, 0) is 127 Å². The number of alkyl halides is 3. The number of anilines is 3. The summed E-state index contributed by atoms with van der Waals surface area (Å²) in [6.07, 6.45) is 1.21. The minimum absolute atomic E-state index is 0.0788. The van der Waals surface area contributed by atoms with Gasteiger partial charge in [0.25, 0.3) is 0 Å². The second kappa shape index (κ2) is 28.9. The van der Waals surface area contributed by atoms with Crippen LogP contribution in [0.25, 0.3) is 32.7 Å². The summed E-state index contributed by atoms with van der Waals surface area (Å²) in [4.78, 5) is 99.3. The van der Waals surface area contributed by atoms with Gasteiger partial charge < -0.3 is 69.2 Å². The van der Waals surface area contributed by atoms with Crippen molar-refractivity contribution in [2.45, 2.75) is 68.7 Å². The number of carbonyl (C=O) groups is 7. The zero-order chi connectivity index (χ0) is 61.3. The molecule has 0 saturated heterocycles. The third kappa shape index (κ3) is 16.4. The van der Waals surface area contributed by atoms with E-state index in [-0.39, 0.29) is 75.9 Å². The molecule has 0 aliphatic heterocycles. The predicted molar refractivity (Wildman–Crippen MR) is 323 cm³/mol. The fourth-order valence-corrected chi connectivity index (χ4v) is 9.94. The standard InChI is InChI=1S/C61H64N12O6.C2HF3O2/c62-28-25-52(71-55(74)31-40-34-65-49-10-4-1-7-46(40)49)59(77)68-43-19-13-37(14-20-43)58(38-15-21-44(22-16-38)69-60(78)53(26-29-63)72-56(75)32-41-35-66-50-11-5-2-8-47(41)50)39-17-23-45(24-18-39)70-61(79)54(27-30-64)73-57(76)33-42-36-67-51-12-6-3-9-48(42)51;3-2(4,5)1(6)7/h1-24,34-36,52-54,58,65-67H,25-33,62-64H2,(H,68,77)(H,69,78)(H,70,79)(H,71,74)(H,72,75)(H,73,76);(H,6,7)/t52-,53-,54-;/m0./s1. The number of carbonyl (C=O) groups excluding carboxylic acids is 6. The minimum Gasteiger partial charge on any atom is -0.475 e. The average molecular weight is 1180 g/mol. The Kier molecular flexibility index (Phi) is 20.8. The van der Waals surface area contributed by atoms with E-state index in [1.807, 2.05) is 109 Å². The van der Waals surface area contributed by atoms with Gasteiger partial charge in [0.2, 0.25) is 35.4 Å². The van der Waals surface area contributed by atoms with Gasteiger partial charge in [0.15, 0.2) is 0 Å². The summed E-state index contributed by atoms with van der Waals surface area (Å²) in [6, 6.07) is 42.5. The Bertz CT molecular complexity index is 3450. The molecule has 20 nitrogen and oxygen atoms in total. The van der Waals surface area contributed by atoms with Crippen molar-refractivity contribution in [3.05, 3.63) is 198 Å². The van der Waals surface area contributed by atoms with Crippen LogP contribution in [0.2, 0.25) is 0 Å². The van der Waals surface area contributed by atoms with Crippen LogP contribution in [0.5, 0.6) is 0 Å². The number of rotatable bonds is 24. The zero-order valence-corrected chi connectivity index (χ0v) is 46.4. The lowest BCUT2D eigenvalue weighted by molar-refractivity contribution is -0.192. The van der Waals surface area contributed by atoms with E-state index >= 15 is 0 Å². The van der Waals surface area contributed by atoms with Gasteiger partial charge >= 0.3 is 12.1 Å². The lowest BCUT2D eigenvalue weighted by Crippen LogP contribution is -2.45. The molecule has 9 rings (SSSR count). The van der Waals surface area contributed by atoms with Crippen LogP contribution in [0.4, 0.5) is 30.2 Å². The highest BCUT2D eigenvalue weighted by Gasteiger charge is 2.38. The lowest BCUT2D eigenvalue weighted by atomic mass is 9.85. The monoisotopic (exact) mass is 1170 g/mol. The third-order valence-corrected chi connectivity index (χ3v) is 14.2. The maximum atomic E-state index is 13.7. The number of H-pyrrole nitrogens is 3. The number of aromatic amines is 3. The first-order chi connectivity index (χ1) is 41.4. The smallest absolute Gasteiger partial charge is 0.475 e. The van der Waals surface area contributed by atoms with Crippen LogP contribution in [-0.2, 0) is 52.8 Å². The van der Waals surface area contributed by atoms with E-state index in [2.05, 4.69) is 46.9 Å². The molecule has 0 spiro atoms. The molecule has 3 atom stereocenters. The quantitative estimate of drug-likeness (QED) is 0.0273. The Balaban J connectivity index is 0.00000129. The van der Waals surface area contributed by atoms with Gasteiger partial charge in [0.1, 0.15) is 18.1 Å². The van der Waals surface area contributed by atoms with Gasteiger partial charge in [-0.1, -0.05) is 91.0 Å². The first-order valence-electron chi connectivity index (χ1n) is 27.6. The van der Waals surface area contributed by atoms with E-state index in [0.29, 0.717) is 17.1 Å². The van der Waals surface area contributed by atoms with Crippen LogP contribution in [0.1, 0.15) is 58.6 Å². The highest BCUT2D eigenvalue weighted by molar-refractivity contribution is 6.00. The summed E-state index contributed by atoms with van der Waals surface area (Å²) in [6.45, 7) is 0.517. The second-order valence-electron chi connectivity index (χ2n) is 20.3. The van der Waals surface area contributed by atoms with Crippen molar-refractivity contribution in [3.63, 3.8) is 0 Å². The normalized spacial score (nSPS) is 12.4. The number of carboxylic acid groups (broad SMARTS) is 1. The SMILES string of the molecule is NCC[C@H](NC(=O)Cc1c[nH]c2ccccc12)C(=O)Nc1ccc(C(c2ccc(NC(=O)[C@H](CCN)NC(=O)Cc3c[nH]c4ccccc34)cc2)c2ccc(NC(=O)[C@H](CCN)NC(=O)Cc3c[nH]c4ccccc34)cc2)cc1.O=C(O)C(F)(F)F. The Morgan fingerprint density at radius 3 is 0.919 bits per heavy atom. The van der Waals surface area contributed by atoms with Crippen molar-refractivity contribution in [1.82, 2.24) is 30.9 Å². The highest BCUT2D eigenvalue weighted by atomic mass is 19.4. The molecule has 0 saturated carbocycles. The number of hydrogen-bond acceptors (Lipinski definition) is 10. The van der Waals surface area contributed by atoms with Gasteiger partial charge in [-0.25, -0.2) is 4.79 Å². The van der Waals surface area contributed by atoms with E-state index in [0.717, 1.165) is 66.1 Å².